The Hall–Kier alpha value is -1.25. The van der Waals surface area contributed by atoms with Crippen molar-refractivity contribution in [2.24, 2.45) is 0 Å². The number of aromatic nitrogens is 2. The lowest BCUT2D eigenvalue weighted by Crippen LogP contribution is -1.83. The van der Waals surface area contributed by atoms with E-state index in [1.54, 1.807) is 6.07 Å². The van der Waals surface area contributed by atoms with Crippen LogP contribution in [0.4, 0.5) is 0 Å². The summed E-state index contributed by atoms with van der Waals surface area (Å²) in [4.78, 5) is 17.2. The van der Waals surface area contributed by atoms with Gasteiger partial charge in [-0.15, -0.1) is 0 Å². The summed E-state index contributed by atoms with van der Waals surface area (Å²) in [6.45, 7) is 0. The van der Waals surface area contributed by atoms with Crippen LogP contribution in [0.25, 0.3) is 0 Å². The zero-order chi connectivity index (χ0) is 5.82. The van der Waals surface area contributed by atoms with E-state index in [2.05, 4.69) is 9.97 Å². The summed E-state index contributed by atoms with van der Waals surface area (Å²) in [6, 6.07) is 1.55. The second-order valence-corrected chi connectivity index (χ2v) is 1.25. The lowest BCUT2D eigenvalue weighted by Gasteiger charge is -1.80. The van der Waals surface area contributed by atoms with Crippen LogP contribution in [0.5, 0.6) is 0 Å². The Bertz CT molecular complexity index is 178. The number of carbonyl (C=O) groups excluding carboxylic acids is 1. The van der Waals surface area contributed by atoms with Crippen LogP contribution in [-0.4, -0.2) is 16.3 Å². The third-order valence-corrected chi connectivity index (χ3v) is 0.726. The first-order valence-electron chi connectivity index (χ1n) is 2.14. The maximum atomic E-state index is 9.92. The second-order valence-electron chi connectivity index (χ2n) is 1.25. The van der Waals surface area contributed by atoms with Crippen LogP contribution in [0.1, 0.15) is 11.9 Å². The molecule has 0 aliphatic rings. The van der Waals surface area contributed by atoms with Crippen molar-refractivity contribution in [2.45, 2.75) is 0 Å². The van der Waals surface area contributed by atoms with E-state index < -0.39 is 0 Å². The summed E-state index contributed by atoms with van der Waals surface area (Å²) in [5.41, 5.74) is 0.417. The molecule has 40 valence electrons. The Morgan fingerprint density at radius 1 is 1.75 bits per heavy atom. The van der Waals surface area contributed by atoms with Gasteiger partial charge in [0.25, 0.3) is 0 Å². The van der Waals surface area contributed by atoms with Gasteiger partial charge in [-0.1, -0.05) is 0 Å². The fourth-order valence-corrected chi connectivity index (χ4v) is 0.371. The number of hydrogen-bond donors (Lipinski definition) is 0. The van der Waals surface area contributed by atoms with Crippen molar-refractivity contribution in [1.29, 1.82) is 0 Å². The SMILES string of the molecule is O=Cc1ccncn1.[H+]. The molecule has 0 bridgehead atoms. The predicted molar refractivity (Wildman–Crippen MR) is 28.5 cm³/mol. The van der Waals surface area contributed by atoms with Gasteiger partial charge in [-0.3, -0.25) is 4.79 Å². The number of aldehydes is 1. The number of hydrogen-bond acceptors (Lipinski definition) is 3. The molecule has 0 unspecified atom stereocenters. The Labute approximate surface area is 47.9 Å². The summed E-state index contributed by atoms with van der Waals surface area (Å²) in [5.74, 6) is 0. The average molecular weight is 109 g/mol. The molecule has 0 radical (unpaired) electrons. The first kappa shape index (κ1) is 4.90. The van der Waals surface area contributed by atoms with Gasteiger partial charge in [0, 0.05) is 6.20 Å². The van der Waals surface area contributed by atoms with Gasteiger partial charge in [-0.2, -0.15) is 0 Å². The van der Waals surface area contributed by atoms with Crippen LogP contribution >= 0.6 is 0 Å². The highest BCUT2D eigenvalue weighted by Crippen LogP contribution is 1.81. The molecular formula is C5H5N2O+. The summed E-state index contributed by atoms with van der Waals surface area (Å²) >= 11 is 0. The molecule has 3 nitrogen and oxygen atoms in total. The van der Waals surface area contributed by atoms with E-state index in [9.17, 15) is 4.79 Å². The molecule has 1 aromatic rings. The van der Waals surface area contributed by atoms with Gasteiger partial charge < -0.3 is 0 Å². The van der Waals surface area contributed by atoms with E-state index in [1.165, 1.54) is 12.5 Å². The Morgan fingerprint density at radius 3 is 3.00 bits per heavy atom. The third kappa shape index (κ3) is 0.872. The van der Waals surface area contributed by atoms with E-state index in [-0.39, 0.29) is 1.43 Å². The van der Waals surface area contributed by atoms with Crippen LogP contribution in [0.2, 0.25) is 0 Å². The standard InChI is InChI=1S/C5H4N2O/c8-3-5-1-2-6-4-7-5/h1-4H/p+1. The number of carbonyl (C=O) groups is 1. The van der Waals surface area contributed by atoms with Gasteiger partial charge in [-0.25, -0.2) is 9.97 Å². The summed E-state index contributed by atoms with van der Waals surface area (Å²) in [6.07, 6.45) is 3.54. The minimum absolute atomic E-state index is 0. The van der Waals surface area contributed by atoms with Crippen molar-refractivity contribution in [3.63, 3.8) is 0 Å². The van der Waals surface area contributed by atoms with E-state index in [0.717, 1.165) is 0 Å². The smallest absolute Gasteiger partial charge is 0.296 e. The summed E-state index contributed by atoms with van der Waals surface area (Å²) in [7, 11) is 0. The first-order valence-corrected chi connectivity index (χ1v) is 2.14. The largest absolute Gasteiger partial charge is 1.00 e. The van der Waals surface area contributed by atoms with Gasteiger partial charge in [0.2, 0.25) is 0 Å². The summed E-state index contributed by atoms with van der Waals surface area (Å²) in [5, 5.41) is 0. The molecule has 0 fully saturated rings. The Balaban J connectivity index is 0.000000640. The topological polar surface area (TPSA) is 42.9 Å². The zero-order valence-corrected chi connectivity index (χ0v) is 4.11. The molecule has 1 rings (SSSR count). The lowest BCUT2D eigenvalue weighted by molar-refractivity contribution is 0.111. The molecule has 3 heteroatoms. The van der Waals surface area contributed by atoms with E-state index >= 15 is 0 Å². The van der Waals surface area contributed by atoms with Crippen molar-refractivity contribution in [3.8, 4) is 0 Å². The predicted octanol–water partition coefficient (Wildman–Crippen LogP) is 0.402. The number of rotatable bonds is 1. The molecule has 1 aromatic heterocycles. The molecule has 0 saturated carbocycles. The highest BCUT2D eigenvalue weighted by atomic mass is 16.1. The first-order chi connectivity index (χ1) is 3.93. The second kappa shape index (κ2) is 2.16. The van der Waals surface area contributed by atoms with Gasteiger partial charge in [0.05, 0.1) is 0 Å². The molecule has 8 heavy (non-hydrogen) atoms. The molecule has 0 atom stereocenters. The molecule has 0 amide bonds. The van der Waals surface area contributed by atoms with Gasteiger partial charge in [0.15, 0.2) is 6.29 Å². The molecule has 0 N–H and O–H groups in total. The van der Waals surface area contributed by atoms with E-state index in [1.807, 2.05) is 0 Å². The molecule has 0 aliphatic carbocycles. The normalized spacial score (nSPS) is 8.50. The monoisotopic (exact) mass is 109 g/mol. The van der Waals surface area contributed by atoms with Crippen LogP contribution in [0.3, 0.4) is 0 Å². The van der Waals surface area contributed by atoms with Crippen LogP contribution in [0, 0.1) is 0 Å². The maximum Gasteiger partial charge on any atom is 1.00 e. The fourth-order valence-electron chi connectivity index (χ4n) is 0.371. The third-order valence-electron chi connectivity index (χ3n) is 0.726. The molecule has 0 aromatic carbocycles. The van der Waals surface area contributed by atoms with Crippen molar-refractivity contribution in [1.82, 2.24) is 9.97 Å². The van der Waals surface area contributed by atoms with E-state index in [4.69, 9.17) is 0 Å². The molecule has 0 spiro atoms. The van der Waals surface area contributed by atoms with Crippen molar-refractivity contribution in [3.05, 3.63) is 24.3 Å². The van der Waals surface area contributed by atoms with Crippen LogP contribution in [-0.2, 0) is 0 Å². The van der Waals surface area contributed by atoms with Gasteiger partial charge in [-0.05, 0) is 6.07 Å². The lowest BCUT2D eigenvalue weighted by atomic mass is 10.5. The molecule has 0 aliphatic heterocycles. The van der Waals surface area contributed by atoms with Crippen molar-refractivity contribution < 1.29 is 6.22 Å². The maximum absolute atomic E-state index is 9.92. The zero-order valence-electron chi connectivity index (χ0n) is 5.11. The molecular weight excluding hydrogens is 104 g/mol. The minimum atomic E-state index is 0. The molecule has 0 saturated heterocycles. The quantitative estimate of drug-likeness (QED) is 0.490. The van der Waals surface area contributed by atoms with Gasteiger partial charge >= 0.3 is 1.43 Å². The number of nitrogens with zero attached hydrogens (tertiary/aromatic N) is 2. The van der Waals surface area contributed by atoms with Crippen LogP contribution < -0.4 is 0 Å². The van der Waals surface area contributed by atoms with Crippen LogP contribution in [0.15, 0.2) is 18.6 Å². The Kier molecular flexibility index (Phi) is 1.32. The fraction of sp³-hybridized carbons (Fsp3) is 0. The Morgan fingerprint density at radius 2 is 2.62 bits per heavy atom. The van der Waals surface area contributed by atoms with E-state index in [0.29, 0.717) is 12.0 Å². The highest BCUT2D eigenvalue weighted by molar-refractivity contribution is 5.70. The highest BCUT2D eigenvalue weighted by Gasteiger charge is 1.82. The van der Waals surface area contributed by atoms with Crippen molar-refractivity contribution >= 4 is 6.29 Å². The average Bonchev–Trinajstić information content (AvgIpc) is 1.90. The van der Waals surface area contributed by atoms with Crippen molar-refractivity contribution in [2.75, 3.05) is 0 Å². The van der Waals surface area contributed by atoms with Gasteiger partial charge in [0.1, 0.15) is 12.0 Å². The minimum Gasteiger partial charge on any atom is -0.296 e. The summed E-state index contributed by atoms with van der Waals surface area (Å²) < 4.78 is 0. The molecule has 1 heterocycles.